The van der Waals surface area contributed by atoms with Crippen LogP contribution in [0, 0.1) is 0 Å². The standard InChI is InChI=1S/C70H133NO6/c1-3-5-7-9-11-13-15-17-32-37-41-45-49-53-57-61-70(76)77-64-58-54-50-46-42-38-34-31-29-27-25-23-21-19-18-20-22-24-26-28-30-33-36-40-44-48-52-56-60-69(75)71-67(65-72)68(74)63-62-66(73)59-55-51-47-43-39-35-16-14-12-10-8-6-4-2/h11,13,17,32,62-63,66-68,72-74H,3-10,12,14-16,18-31,33-61,64-65H2,1-2H3,(H,71,75)/b13-11-,32-17-,63-62+/t66-,67+,68-/m1/s1. The van der Waals surface area contributed by atoms with Crippen molar-refractivity contribution in [2.24, 2.45) is 0 Å². The second kappa shape index (κ2) is 64.9. The Morgan fingerprint density at radius 1 is 0.390 bits per heavy atom. The third-order valence-corrected chi connectivity index (χ3v) is 16.0. The molecular formula is C70H133NO6. The number of esters is 1. The predicted molar refractivity (Wildman–Crippen MR) is 335 cm³/mol. The van der Waals surface area contributed by atoms with Gasteiger partial charge < -0.3 is 25.4 Å². The van der Waals surface area contributed by atoms with Crippen LogP contribution in [0.15, 0.2) is 36.5 Å². The van der Waals surface area contributed by atoms with Gasteiger partial charge >= 0.3 is 5.97 Å². The van der Waals surface area contributed by atoms with Crippen molar-refractivity contribution >= 4 is 11.9 Å². The summed E-state index contributed by atoms with van der Waals surface area (Å²) < 4.78 is 5.48. The van der Waals surface area contributed by atoms with Gasteiger partial charge in [0.2, 0.25) is 5.91 Å². The SMILES string of the molecule is CCCCC/C=C\C/C=C\CCCCCCCC(=O)OCCCCCCCCCCCCCCCCCCCCCCCCCCCCCCC(=O)N[C@@H](CO)[C@H](O)/C=C/[C@H](O)CCCCCCCCCCCCCCC. The highest BCUT2D eigenvalue weighted by Gasteiger charge is 2.18. The summed E-state index contributed by atoms with van der Waals surface area (Å²) in [6.45, 7) is 4.79. The van der Waals surface area contributed by atoms with Crippen LogP contribution in [-0.2, 0) is 14.3 Å². The van der Waals surface area contributed by atoms with E-state index >= 15 is 0 Å². The maximum Gasteiger partial charge on any atom is 0.305 e. The van der Waals surface area contributed by atoms with Gasteiger partial charge in [0.15, 0.2) is 0 Å². The average molecular weight is 1080 g/mol. The Morgan fingerprint density at radius 2 is 0.714 bits per heavy atom. The number of unbranched alkanes of at least 4 members (excludes halogenated alkanes) is 47. The summed E-state index contributed by atoms with van der Waals surface area (Å²) >= 11 is 0. The fourth-order valence-electron chi connectivity index (χ4n) is 10.7. The van der Waals surface area contributed by atoms with Crippen LogP contribution < -0.4 is 5.32 Å². The lowest BCUT2D eigenvalue weighted by Gasteiger charge is -2.20. The van der Waals surface area contributed by atoms with Gasteiger partial charge in [-0.25, -0.2) is 0 Å². The molecule has 0 unspecified atom stereocenters. The maximum absolute atomic E-state index is 12.5. The van der Waals surface area contributed by atoms with E-state index in [1.165, 1.54) is 282 Å². The lowest BCUT2D eigenvalue weighted by atomic mass is 10.0. The molecule has 0 aromatic rings. The summed E-state index contributed by atoms with van der Waals surface area (Å²) in [6, 6.07) is -0.748. The van der Waals surface area contributed by atoms with Gasteiger partial charge in [0.05, 0.1) is 31.5 Å². The molecule has 0 aromatic heterocycles. The summed E-state index contributed by atoms with van der Waals surface area (Å²) in [5.74, 6) is -0.125. The van der Waals surface area contributed by atoms with Crippen LogP contribution in [0.1, 0.15) is 367 Å². The second-order valence-corrected chi connectivity index (χ2v) is 23.7. The molecule has 0 heterocycles. The molecule has 0 bridgehead atoms. The molecule has 0 aromatic carbocycles. The fraction of sp³-hybridized carbons (Fsp3) is 0.886. The summed E-state index contributed by atoms with van der Waals surface area (Å²) in [5.41, 5.74) is 0. The fourth-order valence-corrected chi connectivity index (χ4v) is 10.7. The highest BCUT2D eigenvalue weighted by Crippen LogP contribution is 2.19. The molecule has 0 aliphatic rings. The molecule has 0 fully saturated rings. The molecule has 0 rings (SSSR count). The van der Waals surface area contributed by atoms with Crippen molar-refractivity contribution in [3.8, 4) is 0 Å². The predicted octanol–water partition coefficient (Wildman–Crippen LogP) is 20.9. The van der Waals surface area contributed by atoms with Crippen LogP contribution in [0.25, 0.3) is 0 Å². The summed E-state index contributed by atoms with van der Waals surface area (Å²) in [5, 5.41) is 33.5. The van der Waals surface area contributed by atoms with Crippen molar-refractivity contribution in [1.82, 2.24) is 5.32 Å². The number of aliphatic hydroxyl groups excluding tert-OH is 3. The van der Waals surface area contributed by atoms with E-state index in [9.17, 15) is 24.9 Å². The van der Waals surface area contributed by atoms with Crippen molar-refractivity contribution in [1.29, 1.82) is 0 Å². The van der Waals surface area contributed by atoms with Gasteiger partial charge in [-0.3, -0.25) is 9.59 Å². The number of aliphatic hydroxyl groups is 3. The third kappa shape index (κ3) is 61.5. The first-order valence-corrected chi connectivity index (χ1v) is 34.3. The number of hydrogen-bond donors (Lipinski definition) is 4. The topological polar surface area (TPSA) is 116 Å². The first-order chi connectivity index (χ1) is 37.9. The molecule has 0 radical (unpaired) electrons. The number of nitrogens with one attached hydrogen (secondary N) is 1. The van der Waals surface area contributed by atoms with Crippen LogP contribution >= 0.6 is 0 Å². The number of rotatable bonds is 64. The Hall–Kier alpha value is -1.96. The Bertz CT molecular complexity index is 1270. The second-order valence-electron chi connectivity index (χ2n) is 23.7. The number of amides is 1. The van der Waals surface area contributed by atoms with E-state index in [4.69, 9.17) is 4.74 Å². The van der Waals surface area contributed by atoms with Crippen molar-refractivity contribution in [2.75, 3.05) is 13.2 Å². The molecule has 0 spiro atoms. The van der Waals surface area contributed by atoms with Gasteiger partial charge in [-0.2, -0.15) is 0 Å². The molecule has 77 heavy (non-hydrogen) atoms. The minimum atomic E-state index is -1.02. The highest BCUT2D eigenvalue weighted by molar-refractivity contribution is 5.76. The molecule has 0 saturated heterocycles. The molecule has 4 N–H and O–H groups in total. The van der Waals surface area contributed by atoms with Crippen LogP contribution in [0.4, 0.5) is 0 Å². The maximum atomic E-state index is 12.5. The Balaban J connectivity index is 3.41. The zero-order valence-corrected chi connectivity index (χ0v) is 51.6. The van der Waals surface area contributed by atoms with Gasteiger partial charge in [0.1, 0.15) is 0 Å². The number of carbonyl (C=O) groups is 2. The smallest absolute Gasteiger partial charge is 0.305 e. The van der Waals surface area contributed by atoms with E-state index in [1.54, 1.807) is 6.08 Å². The lowest BCUT2D eigenvalue weighted by Crippen LogP contribution is -2.45. The molecular weight excluding hydrogens is 951 g/mol. The van der Waals surface area contributed by atoms with Crippen LogP contribution in [0.3, 0.4) is 0 Å². The average Bonchev–Trinajstić information content (AvgIpc) is 3.43. The van der Waals surface area contributed by atoms with Gasteiger partial charge in [0.25, 0.3) is 0 Å². The molecule has 7 heteroatoms. The largest absolute Gasteiger partial charge is 0.466 e. The Morgan fingerprint density at radius 3 is 1.12 bits per heavy atom. The van der Waals surface area contributed by atoms with Crippen molar-refractivity contribution in [2.45, 2.75) is 385 Å². The van der Waals surface area contributed by atoms with Crippen LogP contribution in [0.2, 0.25) is 0 Å². The Kier molecular flexibility index (Phi) is 63.2. The number of allylic oxidation sites excluding steroid dienone is 4. The zero-order valence-electron chi connectivity index (χ0n) is 51.6. The van der Waals surface area contributed by atoms with Crippen LogP contribution in [0.5, 0.6) is 0 Å². The quantitative estimate of drug-likeness (QED) is 0.0274. The minimum absolute atomic E-state index is 0.00205. The molecule has 0 aliphatic carbocycles. The van der Waals surface area contributed by atoms with Crippen molar-refractivity contribution in [3.63, 3.8) is 0 Å². The molecule has 7 nitrogen and oxygen atoms in total. The van der Waals surface area contributed by atoms with E-state index in [0.717, 1.165) is 57.8 Å². The molecule has 0 aliphatic heterocycles. The van der Waals surface area contributed by atoms with E-state index in [-0.39, 0.29) is 18.5 Å². The molecule has 454 valence electrons. The first kappa shape index (κ1) is 75.0. The molecule has 1 amide bonds. The van der Waals surface area contributed by atoms with Gasteiger partial charge in [-0.1, -0.05) is 333 Å². The number of hydrogen-bond acceptors (Lipinski definition) is 6. The summed E-state index contributed by atoms with van der Waals surface area (Å²) in [4.78, 5) is 24.6. The molecule has 3 atom stereocenters. The lowest BCUT2D eigenvalue weighted by molar-refractivity contribution is -0.143. The number of carbonyl (C=O) groups excluding carboxylic acids is 2. The van der Waals surface area contributed by atoms with Crippen molar-refractivity contribution in [3.05, 3.63) is 36.5 Å². The minimum Gasteiger partial charge on any atom is -0.466 e. The van der Waals surface area contributed by atoms with Gasteiger partial charge in [-0.15, -0.1) is 0 Å². The number of ether oxygens (including phenoxy) is 1. The first-order valence-electron chi connectivity index (χ1n) is 34.3. The van der Waals surface area contributed by atoms with E-state index in [2.05, 4.69) is 43.5 Å². The van der Waals surface area contributed by atoms with Crippen molar-refractivity contribution < 1.29 is 29.6 Å². The van der Waals surface area contributed by atoms with Gasteiger partial charge in [0, 0.05) is 12.8 Å². The Labute approximate surface area is 479 Å². The monoisotopic (exact) mass is 1080 g/mol. The zero-order chi connectivity index (χ0) is 55.8. The van der Waals surface area contributed by atoms with E-state index in [1.807, 2.05) is 0 Å². The summed E-state index contributed by atoms with van der Waals surface area (Å²) in [7, 11) is 0. The van der Waals surface area contributed by atoms with Gasteiger partial charge in [-0.05, 0) is 57.8 Å². The highest BCUT2D eigenvalue weighted by atomic mass is 16.5. The normalized spacial score (nSPS) is 13.2. The van der Waals surface area contributed by atoms with E-state index < -0.39 is 18.2 Å². The van der Waals surface area contributed by atoms with E-state index in [0.29, 0.717) is 25.9 Å². The molecule has 0 saturated carbocycles. The third-order valence-electron chi connectivity index (χ3n) is 16.0. The van der Waals surface area contributed by atoms with Crippen LogP contribution in [-0.4, -0.2) is 58.7 Å². The summed E-state index contributed by atoms with van der Waals surface area (Å²) in [6.07, 6.45) is 79.4.